The highest BCUT2D eigenvalue weighted by molar-refractivity contribution is 9.10. The van der Waals surface area contributed by atoms with E-state index in [-0.39, 0.29) is 12.2 Å². The highest BCUT2D eigenvalue weighted by Gasteiger charge is 2.33. The molecule has 4 rings (SSSR count). The van der Waals surface area contributed by atoms with E-state index in [0.29, 0.717) is 32.1 Å². The third-order valence-electron chi connectivity index (χ3n) is 5.42. The maximum absolute atomic E-state index is 13.7. The van der Waals surface area contributed by atoms with Gasteiger partial charge in [-0.15, -0.1) is 0 Å². The summed E-state index contributed by atoms with van der Waals surface area (Å²) >= 11 is 4.80. The van der Waals surface area contributed by atoms with E-state index in [1.807, 2.05) is 42.5 Å². The maximum atomic E-state index is 13.7. The second-order valence-electron chi connectivity index (χ2n) is 7.47. The van der Waals surface area contributed by atoms with Crippen molar-refractivity contribution < 1.29 is 19.0 Å². The number of benzene rings is 2. The number of hydrogen-bond acceptors (Lipinski definition) is 7. The van der Waals surface area contributed by atoms with Gasteiger partial charge in [0.15, 0.2) is 4.80 Å². The van der Waals surface area contributed by atoms with Crippen molar-refractivity contribution in [2.75, 3.05) is 20.8 Å². The molecule has 1 aliphatic rings. The predicted molar refractivity (Wildman–Crippen MR) is 134 cm³/mol. The Labute approximate surface area is 208 Å². The molecule has 2 heterocycles. The first kappa shape index (κ1) is 24.0. The topological polar surface area (TPSA) is 79.1 Å². The second-order valence-corrected chi connectivity index (χ2v) is 9.33. The molecule has 0 saturated heterocycles. The minimum Gasteiger partial charge on any atom is -0.497 e. The van der Waals surface area contributed by atoms with E-state index in [4.69, 9.17) is 14.2 Å². The third-order valence-corrected chi connectivity index (χ3v) is 7.12. The zero-order valence-electron chi connectivity index (χ0n) is 19.1. The average molecular weight is 543 g/mol. The number of rotatable bonds is 6. The number of carbonyl (C=O) groups excluding carboxylic acids is 1. The molecule has 2 aromatic carbocycles. The minimum atomic E-state index is -0.693. The smallest absolute Gasteiger partial charge is 0.338 e. The fourth-order valence-corrected chi connectivity index (χ4v) is 5.22. The lowest BCUT2D eigenvalue weighted by Gasteiger charge is -2.25. The number of hydrogen-bond donors (Lipinski definition) is 0. The minimum absolute atomic E-state index is 0.217. The van der Waals surface area contributed by atoms with Gasteiger partial charge in [0.05, 0.1) is 42.7 Å². The van der Waals surface area contributed by atoms with Gasteiger partial charge >= 0.3 is 5.97 Å². The number of aromatic nitrogens is 1. The lowest BCUT2D eigenvalue weighted by molar-refractivity contribution is -0.139. The molecule has 9 heteroatoms. The van der Waals surface area contributed by atoms with Crippen LogP contribution in [-0.2, 0) is 9.53 Å². The molecule has 7 nitrogen and oxygen atoms in total. The summed E-state index contributed by atoms with van der Waals surface area (Å²) in [6, 6.07) is 12.2. The molecule has 0 bridgehead atoms. The quantitative estimate of drug-likeness (QED) is 0.445. The fraction of sp³-hybridized carbons (Fsp3) is 0.240. The van der Waals surface area contributed by atoms with E-state index in [1.54, 1.807) is 38.7 Å². The molecule has 3 aromatic rings. The second kappa shape index (κ2) is 9.99. The highest BCUT2D eigenvalue weighted by atomic mass is 79.9. The van der Waals surface area contributed by atoms with Crippen LogP contribution < -0.4 is 24.4 Å². The van der Waals surface area contributed by atoms with Gasteiger partial charge in [-0.2, -0.15) is 0 Å². The molecule has 1 aromatic heterocycles. The lowest BCUT2D eigenvalue weighted by Crippen LogP contribution is -2.39. The number of nitrogens with zero attached hydrogens (tertiary/aromatic N) is 2. The molecule has 176 valence electrons. The molecular formula is C25H23BrN2O5S. The number of carbonyl (C=O) groups is 1. The van der Waals surface area contributed by atoms with Crippen LogP contribution in [0.25, 0.3) is 6.08 Å². The van der Waals surface area contributed by atoms with Crippen molar-refractivity contribution in [3.63, 3.8) is 0 Å². The van der Waals surface area contributed by atoms with Gasteiger partial charge in [0, 0.05) is 4.47 Å². The molecule has 1 aliphatic heterocycles. The highest BCUT2D eigenvalue weighted by Crippen LogP contribution is 2.32. The van der Waals surface area contributed by atoms with Crippen LogP contribution in [0.15, 0.2) is 68.0 Å². The molecule has 1 atom stereocenters. The van der Waals surface area contributed by atoms with E-state index in [1.165, 1.54) is 11.3 Å². The maximum Gasteiger partial charge on any atom is 0.338 e. The summed E-state index contributed by atoms with van der Waals surface area (Å²) in [5.41, 5.74) is 2.12. The number of methoxy groups -OCH3 is 2. The van der Waals surface area contributed by atoms with Crippen molar-refractivity contribution in [3.05, 3.63) is 89.0 Å². The molecule has 0 saturated carbocycles. The molecule has 0 amide bonds. The molecule has 0 N–H and O–H groups in total. The van der Waals surface area contributed by atoms with Crippen molar-refractivity contribution in [3.8, 4) is 11.5 Å². The Balaban J connectivity index is 1.97. The number of fused-ring (bicyclic) bond motifs is 1. The standard InChI is InChI=1S/C25H23BrN2O5S/c1-5-33-24(30)21-14(2)27-25-28(22(21)15-7-6-8-17(11-15)31-3)23(29)20(34-25)13-16-12-18(32-4)9-10-19(16)26/h6-13,22H,5H2,1-4H3/t22-/m0/s1. The summed E-state index contributed by atoms with van der Waals surface area (Å²) < 4.78 is 18.9. The van der Waals surface area contributed by atoms with E-state index in [9.17, 15) is 9.59 Å². The Hall–Kier alpha value is -3.17. The van der Waals surface area contributed by atoms with Crippen LogP contribution in [0.4, 0.5) is 0 Å². The van der Waals surface area contributed by atoms with Gasteiger partial charge in [0.1, 0.15) is 11.5 Å². The summed E-state index contributed by atoms with van der Waals surface area (Å²) in [6.45, 7) is 3.72. The van der Waals surface area contributed by atoms with Crippen LogP contribution in [0.5, 0.6) is 11.5 Å². The van der Waals surface area contributed by atoms with Crippen molar-refractivity contribution in [1.82, 2.24) is 4.57 Å². The zero-order valence-corrected chi connectivity index (χ0v) is 21.5. The number of halogens is 1. The van der Waals surface area contributed by atoms with E-state index in [0.717, 1.165) is 15.6 Å². The van der Waals surface area contributed by atoms with Crippen molar-refractivity contribution in [2.45, 2.75) is 19.9 Å². The first-order valence-electron chi connectivity index (χ1n) is 10.5. The Morgan fingerprint density at radius 1 is 1.18 bits per heavy atom. The summed E-state index contributed by atoms with van der Waals surface area (Å²) in [5, 5.41) is 0. The Morgan fingerprint density at radius 2 is 1.91 bits per heavy atom. The molecule has 0 radical (unpaired) electrons. The number of ether oxygens (including phenoxy) is 3. The van der Waals surface area contributed by atoms with Crippen LogP contribution in [0.1, 0.15) is 31.0 Å². The normalized spacial score (nSPS) is 15.6. The van der Waals surface area contributed by atoms with Gasteiger partial charge in [0.25, 0.3) is 5.56 Å². The van der Waals surface area contributed by atoms with Gasteiger partial charge in [-0.3, -0.25) is 9.36 Å². The first-order valence-corrected chi connectivity index (χ1v) is 12.2. The molecule has 34 heavy (non-hydrogen) atoms. The Bertz CT molecular complexity index is 1470. The van der Waals surface area contributed by atoms with Gasteiger partial charge in [-0.1, -0.05) is 39.4 Å². The summed E-state index contributed by atoms with van der Waals surface area (Å²) in [7, 11) is 3.17. The lowest BCUT2D eigenvalue weighted by atomic mass is 9.95. The third kappa shape index (κ3) is 4.45. The van der Waals surface area contributed by atoms with Crippen molar-refractivity contribution >= 4 is 39.3 Å². The first-order chi connectivity index (χ1) is 16.4. The summed E-state index contributed by atoms with van der Waals surface area (Å²) in [4.78, 5) is 31.8. The number of allylic oxidation sites excluding steroid dienone is 1. The van der Waals surface area contributed by atoms with Crippen LogP contribution in [0.3, 0.4) is 0 Å². The Kier molecular flexibility index (Phi) is 7.04. The van der Waals surface area contributed by atoms with Gasteiger partial charge in [-0.05, 0) is 61.4 Å². The van der Waals surface area contributed by atoms with Crippen molar-refractivity contribution in [2.24, 2.45) is 4.99 Å². The van der Waals surface area contributed by atoms with Crippen LogP contribution in [0, 0.1) is 0 Å². The average Bonchev–Trinajstić information content (AvgIpc) is 3.14. The zero-order chi connectivity index (χ0) is 24.4. The predicted octanol–water partition coefficient (Wildman–Crippen LogP) is 3.58. The molecule has 0 spiro atoms. The van der Waals surface area contributed by atoms with E-state index in [2.05, 4.69) is 20.9 Å². The van der Waals surface area contributed by atoms with Gasteiger partial charge in [-0.25, -0.2) is 9.79 Å². The summed E-state index contributed by atoms with van der Waals surface area (Å²) in [6.07, 6.45) is 1.79. The molecular weight excluding hydrogens is 520 g/mol. The van der Waals surface area contributed by atoms with Gasteiger partial charge < -0.3 is 14.2 Å². The Morgan fingerprint density at radius 3 is 2.62 bits per heavy atom. The van der Waals surface area contributed by atoms with Crippen LogP contribution >= 0.6 is 27.3 Å². The molecule has 0 unspecified atom stereocenters. The SMILES string of the molecule is CCOC(=O)C1=C(C)N=c2sc(=Cc3cc(OC)ccc3Br)c(=O)n2[C@H]1c1cccc(OC)c1. The van der Waals surface area contributed by atoms with Crippen LogP contribution in [0.2, 0.25) is 0 Å². The largest absolute Gasteiger partial charge is 0.497 e. The van der Waals surface area contributed by atoms with Crippen molar-refractivity contribution in [1.29, 1.82) is 0 Å². The van der Waals surface area contributed by atoms with Crippen LogP contribution in [-0.4, -0.2) is 31.4 Å². The van der Waals surface area contributed by atoms with E-state index >= 15 is 0 Å². The molecule has 0 fully saturated rings. The molecule has 0 aliphatic carbocycles. The number of esters is 1. The fourth-order valence-electron chi connectivity index (χ4n) is 3.82. The van der Waals surface area contributed by atoms with E-state index < -0.39 is 12.0 Å². The number of thiazole rings is 1. The summed E-state index contributed by atoms with van der Waals surface area (Å²) in [5.74, 6) is 0.802. The van der Waals surface area contributed by atoms with Gasteiger partial charge in [0.2, 0.25) is 0 Å². The monoisotopic (exact) mass is 542 g/mol.